The molecule has 0 unspecified atom stereocenters. The van der Waals surface area contributed by atoms with Crippen molar-refractivity contribution in [1.82, 2.24) is 0 Å². The van der Waals surface area contributed by atoms with E-state index in [0.29, 0.717) is 5.52 Å². The van der Waals surface area contributed by atoms with Crippen LogP contribution in [0.1, 0.15) is 11.1 Å². The number of aryl methyl sites for hydroxylation is 1. The van der Waals surface area contributed by atoms with Gasteiger partial charge in [0, 0.05) is 24.1 Å². The molecule has 2 heterocycles. The Kier molecular flexibility index (Phi) is 3.95. The Morgan fingerprint density at radius 3 is 2.58 bits per heavy atom. The van der Waals surface area contributed by atoms with Gasteiger partial charge in [-0.1, -0.05) is 23.9 Å². The van der Waals surface area contributed by atoms with E-state index in [-0.39, 0.29) is 0 Å². The Bertz CT molecular complexity index is 1040. The molecule has 0 amide bonds. The zero-order chi connectivity index (χ0) is 18.5. The van der Waals surface area contributed by atoms with Crippen molar-refractivity contribution in [2.24, 2.45) is 7.05 Å². The molecule has 0 atom stereocenters. The molecule has 0 N–H and O–H groups in total. The fourth-order valence-corrected chi connectivity index (χ4v) is 4.21. The second kappa shape index (κ2) is 6.06. The highest BCUT2D eigenvalue weighted by molar-refractivity contribution is 8.03. The fraction of sp³-hybridized carbons (Fsp3) is 0.150. The Morgan fingerprint density at radius 1 is 1.08 bits per heavy atom. The molecule has 1 aliphatic heterocycles. The lowest BCUT2D eigenvalue weighted by molar-refractivity contribution is -0.644. The molecule has 0 radical (unpaired) electrons. The van der Waals surface area contributed by atoms with Gasteiger partial charge in [0.05, 0.1) is 21.7 Å². The lowest BCUT2D eigenvalue weighted by atomic mass is 10.1. The van der Waals surface area contributed by atoms with Crippen molar-refractivity contribution in [2.75, 3.05) is 11.9 Å². The maximum Gasteiger partial charge on any atom is 0.416 e. The molecule has 0 fully saturated rings. The molecular weight excluding hydrogens is 357 g/mol. The maximum absolute atomic E-state index is 13.0. The average molecular weight is 373 g/mol. The number of pyridine rings is 1. The number of nitrogens with zero attached hydrogens (tertiary/aromatic N) is 2. The zero-order valence-electron chi connectivity index (χ0n) is 14.2. The molecule has 3 aromatic rings. The summed E-state index contributed by atoms with van der Waals surface area (Å²) in [5.74, 6) is 0. The zero-order valence-corrected chi connectivity index (χ0v) is 15.0. The lowest BCUT2D eigenvalue weighted by Crippen LogP contribution is -2.28. The van der Waals surface area contributed by atoms with E-state index in [1.807, 2.05) is 31.3 Å². The van der Waals surface area contributed by atoms with Crippen molar-refractivity contribution >= 4 is 34.4 Å². The van der Waals surface area contributed by atoms with E-state index in [1.54, 1.807) is 35.6 Å². The van der Waals surface area contributed by atoms with Gasteiger partial charge in [0.25, 0.3) is 0 Å². The second-order valence-electron chi connectivity index (χ2n) is 6.22. The van der Waals surface area contributed by atoms with Gasteiger partial charge in [-0.2, -0.15) is 13.2 Å². The molecule has 0 bridgehead atoms. The third kappa shape index (κ3) is 2.84. The molecule has 2 nitrogen and oxygen atoms in total. The topological polar surface area (TPSA) is 7.12 Å². The first-order valence-electron chi connectivity index (χ1n) is 8.06. The number of hydrogen-bond acceptors (Lipinski definition) is 2. The normalized spacial score (nSPS) is 15.7. The number of rotatable bonds is 1. The molecule has 26 heavy (non-hydrogen) atoms. The molecule has 1 aliphatic rings. The third-order valence-corrected chi connectivity index (χ3v) is 5.71. The lowest BCUT2D eigenvalue weighted by Gasteiger charge is -2.14. The van der Waals surface area contributed by atoms with E-state index in [1.165, 1.54) is 11.0 Å². The van der Waals surface area contributed by atoms with Gasteiger partial charge in [-0.05, 0) is 35.9 Å². The Morgan fingerprint density at radius 2 is 1.85 bits per heavy atom. The summed E-state index contributed by atoms with van der Waals surface area (Å²) < 4.78 is 40.9. The van der Waals surface area contributed by atoms with Crippen LogP contribution in [-0.2, 0) is 13.2 Å². The minimum absolute atomic E-state index is 0.553. The summed E-state index contributed by atoms with van der Waals surface area (Å²) in [6.45, 7) is 0. The molecule has 132 valence electrons. The van der Waals surface area contributed by atoms with Crippen LogP contribution < -0.4 is 9.47 Å². The summed E-state index contributed by atoms with van der Waals surface area (Å²) in [4.78, 5) is 3.27. The minimum atomic E-state index is -4.35. The Balaban J connectivity index is 1.82. The van der Waals surface area contributed by atoms with E-state index in [2.05, 4.69) is 17.0 Å². The molecule has 6 heteroatoms. The summed E-state index contributed by atoms with van der Waals surface area (Å²) in [6.07, 6.45) is -0.527. The molecule has 0 spiro atoms. The first-order valence-corrected chi connectivity index (χ1v) is 8.88. The number of anilines is 1. The number of para-hydroxylation sites is 1. The van der Waals surface area contributed by atoms with E-state index < -0.39 is 11.7 Å². The predicted octanol–water partition coefficient (Wildman–Crippen LogP) is 5.22. The Labute approximate surface area is 153 Å². The van der Waals surface area contributed by atoms with Crippen molar-refractivity contribution < 1.29 is 17.7 Å². The highest BCUT2D eigenvalue weighted by Crippen LogP contribution is 2.45. The Hall–Kier alpha value is -2.47. The van der Waals surface area contributed by atoms with Crippen molar-refractivity contribution in [3.05, 3.63) is 70.9 Å². The summed E-state index contributed by atoms with van der Waals surface area (Å²) >= 11 is 1.66. The second-order valence-corrected chi connectivity index (χ2v) is 7.29. The van der Waals surface area contributed by atoms with Crippen molar-refractivity contribution in [3.8, 4) is 0 Å². The standard InChI is InChI=1S/C20H16F3N2S/c1-24-10-9-13(15-8-7-14(12-17(15)24)20(21,22)23)11-19-25(2)16-5-3-4-6-18(16)26-19/h3-12H,1-2H3/q+1. The van der Waals surface area contributed by atoms with E-state index in [9.17, 15) is 13.2 Å². The highest BCUT2D eigenvalue weighted by atomic mass is 32.2. The molecule has 0 saturated heterocycles. The van der Waals surface area contributed by atoms with Gasteiger partial charge in [-0.15, -0.1) is 0 Å². The van der Waals surface area contributed by atoms with Crippen LogP contribution in [0, 0.1) is 0 Å². The van der Waals surface area contributed by atoms with Crippen LogP contribution in [0.15, 0.2) is 64.7 Å². The van der Waals surface area contributed by atoms with Crippen LogP contribution >= 0.6 is 11.8 Å². The number of hydrogen-bond donors (Lipinski definition) is 0. The van der Waals surface area contributed by atoms with E-state index >= 15 is 0 Å². The van der Waals surface area contributed by atoms with Crippen LogP contribution in [0.3, 0.4) is 0 Å². The minimum Gasteiger partial charge on any atom is -0.338 e. The van der Waals surface area contributed by atoms with Crippen LogP contribution in [-0.4, -0.2) is 7.05 Å². The number of thioether (sulfide) groups is 1. The SMILES string of the molecule is CN1/C(=C/c2cc[n+](C)c3cc(C(F)(F)F)ccc23)Sc2ccccc21. The number of benzene rings is 2. The van der Waals surface area contributed by atoms with Crippen LogP contribution in [0.2, 0.25) is 0 Å². The quantitative estimate of drug-likeness (QED) is 0.540. The molecule has 0 saturated carbocycles. The largest absolute Gasteiger partial charge is 0.416 e. The number of fused-ring (bicyclic) bond motifs is 2. The van der Waals surface area contributed by atoms with Crippen molar-refractivity contribution in [3.63, 3.8) is 0 Å². The average Bonchev–Trinajstić information content (AvgIpc) is 2.93. The van der Waals surface area contributed by atoms with E-state index in [4.69, 9.17) is 0 Å². The van der Waals surface area contributed by atoms with Gasteiger partial charge in [-0.25, -0.2) is 4.57 Å². The molecule has 0 aliphatic carbocycles. The van der Waals surface area contributed by atoms with Crippen LogP contribution in [0.5, 0.6) is 0 Å². The first kappa shape index (κ1) is 17.0. The first-order chi connectivity index (χ1) is 12.3. The molecule has 4 rings (SSSR count). The predicted molar refractivity (Wildman–Crippen MR) is 98.8 cm³/mol. The summed E-state index contributed by atoms with van der Waals surface area (Å²) in [7, 11) is 3.75. The van der Waals surface area contributed by atoms with Gasteiger partial charge < -0.3 is 4.90 Å². The highest BCUT2D eigenvalue weighted by Gasteiger charge is 2.31. The molecule has 1 aromatic heterocycles. The van der Waals surface area contributed by atoms with E-state index in [0.717, 1.165) is 27.7 Å². The van der Waals surface area contributed by atoms with Crippen molar-refractivity contribution in [2.45, 2.75) is 11.1 Å². The van der Waals surface area contributed by atoms with Crippen molar-refractivity contribution in [1.29, 1.82) is 0 Å². The van der Waals surface area contributed by atoms with Crippen LogP contribution in [0.4, 0.5) is 18.9 Å². The third-order valence-electron chi connectivity index (χ3n) is 4.54. The van der Waals surface area contributed by atoms with Crippen LogP contribution in [0.25, 0.3) is 17.0 Å². The number of alkyl halides is 3. The molecule has 2 aromatic carbocycles. The van der Waals surface area contributed by atoms with Gasteiger partial charge in [0.1, 0.15) is 7.05 Å². The number of aromatic nitrogens is 1. The van der Waals surface area contributed by atoms with Gasteiger partial charge in [-0.3, -0.25) is 0 Å². The number of halogens is 3. The van der Waals surface area contributed by atoms with Gasteiger partial charge in [0.2, 0.25) is 5.52 Å². The smallest absolute Gasteiger partial charge is 0.338 e. The summed E-state index contributed by atoms with van der Waals surface area (Å²) in [5, 5.41) is 1.83. The fourth-order valence-electron chi connectivity index (χ4n) is 3.11. The molecular formula is C20H16F3N2S+. The van der Waals surface area contributed by atoms with Gasteiger partial charge >= 0.3 is 6.18 Å². The van der Waals surface area contributed by atoms with Gasteiger partial charge in [0.15, 0.2) is 6.20 Å². The maximum atomic E-state index is 13.0. The summed E-state index contributed by atoms with van der Waals surface area (Å²) in [6, 6.07) is 14.0. The monoisotopic (exact) mass is 373 g/mol. The summed E-state index contributed by atoms with van der Waals surface area (Å²) in [5.41, 5.74) is 1.95.